The van der Waals surface area contributed by atoms with Crippen LogP contribution in [0.4, 0.5) is 22.0 Å². The number of carbonyl (C=O) groups excluding carboxylic acids is 1. The van der Waals surface area contributed by atoms with Crippen LogP contribution in [0.1, 0.15) is 54.4 Å². The summed E-state index contributed by atoms with van der Waals surface area (Å²) in [6.07, 6.45) is 9.45. The van der Waals surface area contributed by atoms with E-state index in [2.05, 4.69) is 12.2 Å². The maximum Gasteiger partial charge on any atom is 0.342 e. The zero-order chi connectivity index (χ0) is 23.8. The first-order valence-electron chi connectivity index (χ1n) is 10.6. The van der Waals surface area contributed by atoms with E-state index in [4.69, 9.17) is 14.2 Å². The molecule has 2 aromatic rings. The Hall–Kier alpha value is -3.10. The summed E-state index contributed by atoms with van der Waals surface area (Å²) in [5.74, 6) is -11.1. The fraction of sp³-hybridized carbons (Fsp3) is 0.375. The third-order valence-corrected chi connectivity index (χ3v) is 5.04. The Labute approximate surface area is 188 Å². The zero-order valence-electron chi connectivity index (χ0n) is 17.8. The Balaban J connectivity index is 1.79. The van der Waals surface area contributed by atoms with Gasteiger partial charge in [-0.15, -0.1) is 0 Å². The van der Waals surface area contributed by atoms with Crippen molar-refractivity contribution in [3.05, 3.63) is 70.6 Å². The van der Waals surface area contributed by atoms with Crippen molar-refractivity contribution in [3.8, 4) is 11.5 Å². The molecule has 2 bridgehead atoms. The molecule has 2 heterocycles. The average Bonchev–Trinajstić information content (AvgIpc) is 2.81. The Morgan fingerprint density at radius 3 is 2.15 bits per heavy atom. The molecule has 178 valence electrons. The number of allylic oxidation sites excluding steroid dienone is 2. The van der Waals surface area contributed by atoms with Gasteiger partial charge >= 0.3 is 5.97 Å². The van der Waals surface area contributed by atoms with E-state index in [9.17, 15) is 26.7 Å². The van der Waals surface area contributed by atoms with Gasteiger partial charge in [0.25, 0.3) is 0 Å². The highest BCUT2D eigenvalue weighted by Gasteiger charge is 2.27. The molecule has 9 heteroatoms. The van der Waals surface area contributed by atoms with Crippen LogP contribution < -0.4 is 9.47 Å². The first-order valence-corrected chi connectivity index (χ1v) is 10.6. The summed E-state index contributed by atoms with van der Waals surface area (Å²) in [5, 5.41) is 0. The molecule has 2 aromatic carbocycles. The van der Waals surface area contributed by atoms with Crippen LogP contribution in [0.5, 0.6) is 11.5 Å². The van der Waals surface area contributed by atoms with E-state index < -0.39 is 47.2 Å². The van der Waals surface area contributed by atoms with Gasteiger partial charge in [-0.2, -0.15) is 0 Å². The molecule has 33 heavy (non-hydrogen) atoms. The summed E-state index contributed by atoms with van der Waals surface area (Å²) in [6.45, 7) is -0.438. The molecule has 0 atom stereocenters. The highest BCUT2D eigenvalue weighted by atomic mass is 19.2. The van der Waals surface area contributed by atoms with E-state index in [0.29, 0.717) is 19.0 Å². The lowest BCUT2D eigenvalue weighted by molar-refractivity contribution is 0.0456. The maximum absolute atomic E-state index is 13.9. The van der Waals surface area contributed by atoms with Crippen molar-refractivity contribution in [2.24, 2.45) is 0 Å². The van der Waals surface area contributed by atoms with Crippen LogP contribution in [-0.4, -0.2) is 19.2 Å². The molecular formula is C24H23F5O4. The van der Waals surface area contributed by atoms with Crippen LogP contribution in [0.2, 0.25) is 0 Å². The second-order valence-electron chi connectivity index (χ2n) is 7.44. The van der Waals surface area contributed by atoms with Crippen molar-refractivity contribution < 1.29 is 41.0 Å². The fourth-order valence-electron chi connectivity index (χ4n) is 3.23. The van der Waals surface area contributed by atoms with Crippen LogP contribution in [0.3, 0.4) is 0 Å². The summed E-state index contributed by atoms with van der Waals surface area (Å²) < 4.78 is 84.0. The molecule has 0 spiro atoms. The van der Waals surface area contributed by atoms with Gasteiger partial charge in [0, 0.05) is 0 Å². The number of rotatable bonds is 3. The lowest BCUT2D eigenvalue weighted by Gasteiger charge is -2.14. The first kappa shape index (κ1) is 24.5. The van der Waals surface area contributed by atoms with Crippen LogP contribution in [0.15, 0.2) is 30.4 Å². The third kappa shape index (κ3) is 6.24. The zero-order valence-corrected chi connectivity index (χ0v) is 17.8. The summed E-state index contributed by atoms with van der Waals surface area (Å²) in [5.41, 5.74) is -1.32. The molecular weight excluding hydrogens is 447 g/mol. The Morgan fingerprint density at radius 1 is 0.788 bits per heavy atom. The van der Waals surface area contributed by atoms with E-state index in [-0.39, 0.29) is 11.3 Å². The standard InChI is InChI=1S/C24H23F5O4/c25-19-17(20(26)22(28)23(29)21(19)27)14-33-24(30)16-13-15-9-10-18(16)32-12-8-6-4-2-1-3-5-7-11-31-15/h1,3,9-10,13H,2,4-8,11-12,14H2/b3-1-. The van der Waals surface area contributed by atoms with E-state index in [1.54, 1.807) is 6.07 Å². The van der Waals surface area contributed by atoms with Crippen molar-refractivity contribution in [2.75, 3.05) is 13.2 Å². The lowest BCUT2D eigenvalue weighted by Crippen LogP contribution is -2.13. The Kier molecular flexibility index (Phi) is 8.68. The van der Waals surface area contributed by atoms with Crippen LogP contribution in [0.25, 0.3) is 0 Å². The SMILES string of the molecule is O=C(OCc1c(F)c(F)c(F)c(F)c1F)c1cc2ccc1OCCCCC/C=C\CCCO2. The fourth-order valence-corrected chi connectivity index (χ4v) is 3.23. The van der Waals surface area contributed by atoms with Crippen LogP contribution in [0, 0.1) is 29.1 Å². The number of hydrogen-bond donors (Lipinski definition) is 0. The molecule has 0 saturated carbocycles. The predicted octanol–water partition coefficient (Wildman–Crippen LogP) is 6.41. The number of halogens is 5. The highest BCUT2D eigenvalue weighted by Crippen LogP contribution is 2.28. The molecule has 0 unspecified atom stereocenters. The molecule has 0 radical (unpaired) electrons. The van der Waals surface area contributed by atoms with Crippen LogP contribution in [-0.2, 0) is 11.3 Å². The molecule has 0 amide bonds. The predicted molar refractivity (Wildman–Crippen MR) is 110 cm³/mol. The number of hydrogen-bond acceptors (Lipinski definition) is 4. The molecule has 0 N–H and O–H groups in total. The van der Waals surface area contributed by atoms with Crippen molar-refractivity contribution in [3.63, 3.8) is 0 Å². The van der Waals surface area contributed by atoms with Gasteiger partial charge in [0.05, 0.1) is 18.8 Å². The minimum absolute atomic E-state index is 0.0802. The van der Waals surface area contributed by atoms with Gasteiger partial charge in [-0.05, 0) is 56.7 Å². The molecule has 0 fully saturated rings. The van der Waals surface area contributed by atoms with E-state index in [1.807, 2.05) is 0 Å². The smallest absolute Gasteiger partial charge is 0.342 e. The number of carbonyl (C=O) groups is 1. The van der Waals surface area contributed by atoms with Gasteiger partial charge in [-0.1, -0.05) is 12.2 Å². The molecule has 0 saturated heterocycles. The van der Waals surface area contributed by atoms with Crippen molar-refractivity contribution in [1.82, 2.24) is 0 Å². The summed E-state index contributed by atoms with van der Waals surface area (Å²) >= 11 is 0. The van der Waals surface area contributed by atoms with Gasteiger partial charge in [-0.25, -0.2) is 26.7 Å². The van der Waals surface area contributed by atoms with Gasteiger partial charge in [0.2, 0.25) is 5.82 Å². The lowest BCUT2D eigenvalue weighted by atomic mass is 10.1. The second-order valence-corrected chi connectivity index (χ2v) is 7.44. The Bertz CT molecular complexity index is 993. The molecule has 2 aliphatic heterocycles. The van der Waals surface area contributed by atoms with Gasteiger partial charge < -0.3 is 14.2 Å². The summed E-state index contributed by atoms with van der Waals surface area (Å²) in [7, 11) is 0. The summed E-state index contributed by atoms with van der Waals surface area (Å²) in [6, 6.07) is 4.48. The number of benzene rings is 2. The normalized spacial score (nSPS) is 16.0. The molecule has 0 aliphatic carbocycles. The van der Waals surface area contributed by atoms with E-state index >= 15 is 0 Å². The molecule has 4 nitrogen and oxygen atoms in total. The average molecular weight is 470 g/mol. The quantitative estimate of drug-likeness (QED) is 0.171. The Morgan fingerprint density at radius 2 is 1.42 bits per heavy atom. The van der Waals surface area contributed by atoms with Crippen molar-refractivity contribution >= 4 is 5.97 Å². The molecule has 2 aliphatic rings. The second kappa shape index (κ2) is 11.7. The maximum atomic E-state index is 13.9. The number of ether oxygens (including phenoxy) is 3. The largest absolute Gasteiger partial charge is 0.494 e. The van der Waals surface area contributed by atoms with E-state index in [0.717, 1.165) is 38.5 Å². The topological polar surface area (TPSA) is 44.8 Å². The first-order chi connectivity index (χ1) is 15.9. The van der Waals surface area contributed by atoms with Gasteiger partial charge in [0.1, 0.15) is 23.7 Å². The van der Waals surface area contributed by atoms with Gasteiger partial charge in [-0.3, -0.25) is 0 Å². The van der Waals surface area contributed by atoms with Gasteiger partial charge in [0.15, 0.2) is 23.3 Å². The number of esters is 1. The minimum Gasteiger partial charge on any atom is -0.494 e. The molecule has 4 rings (SSSR count). The van der Waals surface area contributed by atoms with E-state index in [1.165, 1.54) is 12.1 Å². The van der Waals surface area contributed by atoms with Crippen LogP contribution >= 0.6 is 0 Å². The minimum atomic E-state index is -2.28. The third-order valence-electron chi connectivity index (χ3n) is 5.04. The van der Waals surface area contributed by atoms with Crippen molar-refractivity contribution in [1.29, 1.82) is 0 Å². The van der Waals surface area contributed by atoms with Crippen molar-refractivity contribution in [2.45, 2.75) is 45.1 Å². The highest BCUT2D eigenvalue weighted by molar-refractivity contribution is 5.93. The molecule has 0 aromatic heterocycles. The monoisotopic (exact) mass is 470 g/mol. The number of fused-ring (bicyclic) bond motifs is 12. The summed E-state index contributed by atoms with van der Waals surface area (Å²) in [4.78, 5) is 12.7.